The number of rotatable bonds is 5. The van der Waals surface area contributed by atoms with Crippen LogP contribution in [0.25, 0.3) is 0 Å². The molecule has 0 aliphatic heterocycles. The molecule has 18 heavy (non-hydrogen) atoms. The molecule has 1 heterocycles. The average molecular weight is 252 g/mol. The molecule has 8 heteroatoms. The predicted octanol–water partition coefficient (Wildman–Crippen LogP) is 0.0167. The van der Waals surface area contributed by atoms with Crippen LogP contribution in [-0.2, 0) is 0 Å². The van der Waals surface area contributed by atoms with Gasteiger partial charge in [0, 0.05) is 12.7 Å². The first-order chi connectivity index (χ1) is 8.41. The summed E-state index contributed by atoms with van der Waals surface area (Å²) in [4.78, 5) is 13.9. The van der Waals surface area contributed by atoms with Crippen LogP contribution in [0.4, 0.5) is 11.5 Å². The molecule has 0 aliphatic carbocycles. The van der Waals surface area contributed by atoms with E-state index in [2.05, 4.69) is 10.3 Å². The van der Waals surface area contributed by atoms with Crippen molar-refractivity contribution in [2.24, 2.45) is 0 Å². The number of hydrogen-bond acceptors (Lipinski definition) is 7. The molecule has 0 radical (unpaired) electrons. The number of nitro groups is 1. The van der Waals surface area contributed by atoms with E-state index in [0.29, 0.717) is 0 Å². The van der Waals surface area contributed by atoms with Gasteiger partial charge in [-0.3, -0.25) is 10.1 Å². The summed E-state index contributed by atoms with van der Waals surface area (Å²) in [5.74, 6) is -0.118. The first-order valence-electron chi connectivity index (χ1n) is 5.02. The Morgan fingerprint density at radius 1 is 1.72 bits per heavy atom. The van der Waals surface area contributed by atoms with Crippen LogP contribution in [0, 0.1) is 21.4 Å². The Balaban J connectivity index is 3.03. The molecule has 0 saturated heterocycles. The van der Waals surface area contributed by atoms with Crippen LogP contribution in [0.3, 0.4) is 0 Å². The number of hydrogen-bond donors (Lipinski definition) is 3. The Bertz CT molecular complexity index is 495. The summed E-state index contributed by atoms with van der Waals surface area (Å²) in [6.07, 6.45) is 1.25. The number of anilines is 1. The fourth-order valence-corrected chi connectivity index (χ4v) is 1.19. The molecule has 96 valence electrons. The number of nitriles is 1. The van der Waals surface area contributed by atoms with Crippen molar-refractivity contribution in [3.63, 3.8) is 0 Å². The zero-order valence-electron chi connectivity index (χ0n) is 9.62. The fraction of sp³-hybridized carbons (Fsp3) is 0.400. The van der Waals surface area contributed by atoms with E-state index in [1.54, 1.807) is 6.07 Å². The molecule has 0 bridgehead atoms. The van der Waals surface area contributed by atoms with Gasteiger partial charge in [-0.25, -0.2) is 4.98 Å². The van der Waals surface area contributed by atoms with Crippen molar-refractivity contribution in [1.29, 1.82) is 5.26 Å². The summed E-state index contributed by atoms with van der Waals surface area (Å²) in [5, 5.41) is 40.6. The fourth-order valence-electron chi connectivity index (χ4n) is 1.19. The van der Waals surface area contributed by atoms with Crippen LogP contribution in [0.5, 0.6) is 0 Å². The molecule has 8 nitrogen and oxygen atoms in total. The average Bonchev–Trinajstić information content (AvgIpc) is 2.35. The highest BCUT2D eigenvalue weighted by atomic mass is 16.6. The molecule has 0 aromatic carbocycles. The van der Waals surface area contributed by atoms with Gasteiger partial charge in [0.25, 0.3) is 0 Å². The van der Waals surface area contributed by atoms with Crippen LogP contribution in [0.15, 0.2) is 12.3 Å². The highest BCUT2D eigenvalue weighted by Crippen LogP contribution is 2.25. The molecule has 0 aliphatic rings. The standard InChI is InChI=1S/C10H12N4O4/c1-10(16,6-15)5-13-9-8(14(17)18)7(4-11)2-3-12-9/h2-3,15-16H,5-6H2,1H3,(H,12,13). The lowest BCUT2D eigenvalue weighted by molar-refractivity contribution is -0.384. The van der Waals surface area contributed by atoms with Gasteiger partial charge in [0.2, 0.25) is 5.82 Å². The van der Waals surface area contributed by atoms with E-state index >= 15 is 0 Å². The lowest BCUT2D eigenvalue weighted by atomic mass is 10.1. The van der Waals surface area contributed by atoms with Crippen LogP contribution in [-0.4, -0.2) is 38.9 Å². The summed E-state index contributed by atoms with van der Waals surface area (Å²) in [5.41, 5.74) is -2.01. The summed E-state index contributed by atoms with van der Waals surface area (Å²) >= 11 is 0. The van der Waals surface area contributed by atoms with Gasteiger partial charge in [0.05, 0.1) is 11.5 Å². The van der Waals surface area contributed by atoms with Crippen molar-refractivity contribution in [3.8, 4) is 6.07 Å². The molecule has 0 spiro atoms. The Labute approximate surface area is 103 Å². The third kappa shape index (κ3) is 3.13. The predicted molar refractivity (Wildman–Crippen MR) is 61.8 cm³/mol. The van der Waals surface area contributed by atoms with Crippen LogP contribution in [0.1, 0.15) is 12.5 Å². The van der Waals surface area contributed by atoms with Crippen molar-refractivity contribution in [3.05, 3.63) is 27.9 Å². The van der Waals surface area contributed by atoms with Crippen molar-refractivity contribution in [1.82, 2.24) is 4.98 Å². The second kappa shape index (κ2) is 5.39. The van der Waals surface area contributed by atoms with E-state index in [1.807, 2.05) is 0 Å². The maximum Gasteiger partial charge on any atom is 0.328 e. The Morgan fingerprint density at radius 3 is 2.89 bits per heavy atom. The second-order valence-corrected chi connectivity index (χ2v) is 3.93. The van der Waals surface area contributed by atoms with Crippen molar-refractivity contribution in [2.45, 2.75) is 12.5 Å². The molecule has 0 amide bonds. The van der Waals surface area contributed by atoms with E-state index in [9.17, 15) is 15.2 Å². The maximum absolute atomic E-state index is 10.9. The topological polar surface area (TPSA) is 132 Å². The zero-order valence-corrected chi connectivity index (χ0v) is 9.62. The smallest absolute Gasteiger partial charge is 0.328 e. The largest absolute Gasteiger partial charge is 0.393 e. The second-order valence-electron chi connectivity index (χ2n) is 3.93. The molecular weight excluding hydrogens is 240 g/mol. The lowest BCUT2D eigenvalue weighted by Crippen LogP contribution is -2.37. The molecular formula is C10H12N4O4. The highest BCUT2D eigenvalue weighted by molar-refractivity contribution is 5.64. The van der Waals surface area contributed by atoms with Gasteiger partial charge in [-0.15, -0.1) is 0 Å². The molecule has 1 aromatic rings. The summed E-state index contributed by atoms with van der Waals surface area (Å²) < 4.78 is 0. The minimum atomic E-state index is -1.43. The van der Waals surface area contributed by atoms with E-state index in [0.717, 1.165) is 0 Å². The SMILES string of the molecule is CC(O)(CO)CNc1nccc(C#N)c1[N+](=O)[O-]. The number of nitrogens with zero attached hydrogens (tertiary/aromatic N) is 3. The van der Waals surface area contributed by atoms with E-state index in [-0.39, 0.29) is 17.9 Å². The van der Waals surface area contributed by atoms with Gasteiger partial charge in [-0.05, 0) is 13.0 Å². The van der Waals surface area contributed by atoms with Gasteiger partial charge >= 0.3 is 5.69 Å². The zero-order chi connectivity index (χ0) is 13.8. The molecule has 1 atom stereocenters. The first-order valence-corrected chi connectivity index (χ1v) is 5.02. The first kappa shape index (κ1) is 13.8. The van der Waals surface area contributed by atoms with E-state index in [4.69, 9.17) is 10.4 Å². The third-order valence-electron chi connectivity index (χ3n) is 2.20. The maximum atomic E-state index is 10.9. The molecule has 1 aromatic heterocycles. The van der Waals surface area contributed by atoms with E-state index in [1.165, 1.54) is 19.2 Å². The van der Waals surface area contributed by atoms with Gasteiger partial charge in [-0.2, -0.15) is 5.26 Å². The summed E-state index contributed by atoms with van der Waals surface area (Å²) in [7, 11) is 0. The molecule has 0 fully saturated rings. The summed E-state index contributed by atoms with van der Waals surface area (Å²) in [6, 6.07) is 2.92. The van der Waals surface area contributed by atoms with Crippen LogP contribution >= 0.6 is 0 Å². The van der Waals surface area contributed by atoms with Crippen LogP contribution in [0.2, 0.25) is 0 Å². The number of aliphatic hydroxyl groups excluding tert-OH is 1. The Hall–Kier alpha value is -2.24. The van der Waals surface area contributed by atoms with Crippen molar-refractivity contribution < 1.29 is 15.1 Å². The monoisotopic (exact) mass is 252 g/mol. The third-order valence-corrected chi connectivity index (χ3v) is 2.20. The highest BCUT2D eigenvalue weighted by Gasteiger charge is 2.24. The van der Waals surface area contributed by atoms with Gasteiger partial charge in [0.15, 0.2) is 0 Å². The molecule has 1 rings (SSSR count). The number of pyridine rings is 1. The van der Waals surface area contributed by atoms with Crippen LogP contribution < -0.4 is 5.32 Å². The number of aromatic nitrogens is 1. The van der Waals surface area contributed by atoms with Crippen molar-refractivity contribution in [2.75, 3.05) is 18.5 Å². The number of aliphatic hydroxyl groups is 2. The van der Waals surface area contributed by atoms with Gasteiger partial charge in [0.1, 0.15) is 17.2 Å². The van der Waals surface area contributed by atoms with E-state index < -0.39 is 22.8 Å². The molecule has 0 saturated carbocycles. The molecule has 3 N–H and O–H groups in total. The molecule has 1 unspecified atom stereocenters. The minimum absolute atomic E-state index is 0.118. The Morgan fingerprint density at radius 2 is 2.39 bits per heavy atom. The van der Waals surface area contributed by atoms with Crippen molar-refractivity contribution >= 4 is 11.5 Å². The normalized spacial score (nSPS) is 13.4. The Kier molecular flexibility index (Phi) is 4.14. The summed E-state index contributed by atoms with van der Waals surface area (Å²) in [6.45, 7) is 0.720. The quantitative estimate of drug-likeness (QED) is 0.496. The van der Waals surface area contributed by atoms with Gasteiger partial charge in [-0.1, -0.05) is 0 Å². The van der Waals surface area contributed by atoms with Gasteiger partial charge < -0.3 is 15.5 Å². The number of nitrogens with one attached hydrogen (secondary N) is 1. The lowest BCUT2D eigenvalue weighted by Gasteiger charge is -2.20. The minimum Gasteiger partial charge on any atom is -0.393 e.